The second-order valence-corrected chi connectivity index (χ2v) is 5.64. The van der Waals surface area contributed by atoms with Crippen molar-refractivity contribution in [3.8, 4) is 11.1 Å². The number of aromatic nitrogens is 1. The first-order valence-electron chi connectivity index (χ1n) is 7.25. The fourth-order valence-corrected chi connectivity index (χ4v) is 2.83. The van der Waals surface area contributed by atoms with Gasteiger partial charge in [-0.3, -0.25) is 4.98 Å². The maximum atomic E-state index is 10.8. The third-order valence-electron chi connectivity index (χ3n) is 4.07. The molecule has 1 aromatic carbocycles. The van der Waals surface area contributed by atoms with Crippen LogP contribution in [0.25, 0.3) is 16.7 Å². The molecule has 0 fully saturated rings. The van der Waals surface area contributed by atoms with Crippen molar-refractivity contribution in [1.29, 1.82) is 0 Å². The van der Waals surface area contributed by atoms with Gasteiger partial charge in [0.05, 0.1) is 0 Å². The van der Waals surface area contributed by atoms with Gasteiger partial charge in [0.2, 0.25) is 0 Å². The van der Waals surface area contributed by atoms with Crippen molar-refractivity contribution in [3.05, 3.63) is 53.9 Å². The lowest BCUT2D eigenvalue weighted by atomic mass is 10.00. The van der Waals surface area contributed by atoms with Crippen LogP contribution in [0.1, 0.15) is 18.1 Å². The van der Waals surface area contributed by atoms with E-state index in [2.05, 4.69) is 35.1 Å². The number of fused-ring (bicyclic) bond motifs is 1. The number of pyridine rings is 1. The van der Waals surface area contributed by atoms with Gasteiger partial charge in [0.15, 0.2) is 0 Å². The Morgan fingerprint density at radius 1 is 1.27 bits per heavy atom. The van der Waals surface area contributed by atoms with Gasteiger partial charge >= 0.3 is 5.97 Å². The maximum absolute atomic E-state index is 10.8. The van der Waals surface area contributed by atoms with Crippen LogP contribution in [0.4, 0.5) is 5.69 Å². The van der Waals surface area contributed by atoms with E-state index >= 15 is 0 Å². The normalized spacial score (nSPS) is 14.1. The molecule has 2 heterocycles. The van der Waals surface area contributed by atoms with Gasteiger partial charge in [0.25, 0.3) is 0 Å². The summed E-state index contributed by atoms with van der Waals surface area (Å²) in [6, 6.07) is 8.43. The first kappa shape index (κ1) is 14.3. The van der Waals surface area contributed by atoms with E-state index in [0.29, 0.717) is 5.57 Å². The van der Waals surface area contributed by atoms with E-state index in [-0.39, 0.29) is 0 Å². The van der Waals surface area contributed by atoms with Gasteiger partial charge in [0.1, 0.15) is 0 Å². The molecule has 0 saturated carbocycles. The van der Waals surface area contributed by atoms with Crippen LogP contribution in [-0.4, -0.2) is 29.7 Å². The average molecular weight is 294 g/mol. The zero-order valence-corrected chi connectivity index (χ0v) is 12.7. The molecule has 1 aliphatic heterocycles. The molecule has 1 N–H and O–H groups in total. The molecule has 0 amide bonds. The minimum absolute atomic E-state index is 0.697. The highest BCUT2D eigenvalue weighted by molar-refractivity contribution is 5.89. The van der Waals surface area contributed by atoms with Crippen molar-refractivity contribution in [2.45, 2.75) is 13.3 Å². The van der Waals surface area contributed by atoms with Crippen LogP contribution in [0.2, 0.25) is 0 Å². The molecule has 0 atom stereocenters. The topological polar surface area (TPSA) is 53.4 Å². The number of anilines is 1. The van der Waals surface area contributed by atoms with Crippen LogP contribution in [-0.2, 0) is 11.2 Å². The summed E-state index contributed by atoms with van der Waals surface area (Å²) in [4.78, 5) is 17.3. The predicted octanol–water partition coefficient (Wildman–Crippen LogP) is 3.23. The highest BCUT2D eigenvalue weighted by atomic mass is 16.4. The number of hydrogen-bond acceptors (Lipinski definition) is 3. The van der Waals surface area contributed by atoms with Crippen molar-refractivity contribution in [2.75, 3.05) is 18.5 Å². The Labute approximate surface area is 129 Å². The van der Waals surface area contributed by atoms with Gasteiger partial charge in [-0.05, 0) is 53.8 Å². The van der Waals surface area contributed by atoms with E-state index < -0.39 is 5.97 Å². The van der Waals surface area contributed by atoms with Crippen molar-refractivity contribution < 1.29 is 9.90 Å². The number of aliphatic carboxylic acids is 1. The summed E-state index contributed by atoms with van der Waals surface area (Å²) >= 11 is 0. The zero-order chi connectivity index (χ0) is 15.7. The largest absolute Gasteiger partial charge is 0.478 e. The number of carboxylic acid groups (broad SMARTS) is 1. The molecule has 22 heavy (non-hydrogen) atoms. The van der Waals surface area contributed by atoms with Gasteiger partial charge in [-0.15, -0.1) is 0 Å². The van der Waals surface area contributed by atoms with E-state index in [1.165, 1.54) is 17.3 Å². The first-order valence-corrected chi connectivity index (χ1v) is 7.25. The molecule has 4 nitrogen and oxygen atoms in total. The minimum Gasteiger partial charge on any atom is -0.478 e. The van der Waals surface area contributed by atoms with E-state index in [1.807, 2.05) is 12.3 Å². The molecule has 0 spiro atoms. The van der Waals surface area contributed by atoms with Gasteiger partial charge in [-0.25, -0.2) is 4.79 Å². The Kier molecular flexibility index (Phi) is 3.67. The number of benzene rings is 1. The van der Waals surface area contributed by atoms with Gasteiger partial charge in [-0.2, -0.15) is 0 Å². The number of carboxylic acids is 1. The Morgan fingerprint density at radius 3 is 2.86 bits per heavy atom. The van der Waals surface area contributed by atoms with Gasteiger partial charge < -0.3 is 10.0 Å². The second-order valence-electron chi connectivity index (χ2n) is 5.64. The van der Waals surface area contributed by atoms with Crippen LogP contribution in [0, 0.1) is 0 Å². The van der Waals surface area contributed by atoms with E-state index in [0.717, 1.165) is 29.7 Å². The Balaban J connectivity index is 1.98. The summed E-state index contributed by atoms with van der Waals surface area (Å²) in [7, 11) is 2.10. The maximum Gasteiger partial charge on any atom is 0.328 e. The monoisotopic (exact) mass is 294 g/mol. The fourth-order valence-electron chi connectivity index (χ4n) is 2.83. The molecule has 1 aromatic heterocycles. The minimum atomic E-state index is -0.941. The first-order chi connectivity index (χ1) is 10.5. The lowest BCUT2D eigenvalue weighted by Gasteiger charge is -2.12. The lowest BCUT2D eigenvalue weighted by molar-refractivity contribution is -0.131. The lowest BCUT2D eigenvalue weighted by Crippen LogP contribution is -2.12. The van der Waals surface area contributed by atoms with Crippen LogP contribution in [0.15, 0.2) is 42.7 Å². The van der Waals surface area contributed by atoms with Crippen molar-refractivity contribution >= 4 is 17.2 Å². The third-order valence-corrected chi connectivity index (χ3v) is 4.07. The standard InChI is InChI=1S/C18H18N2O2/c1-12(7-18(21)22)15-9-16(11-19-10-15)13-3-4-17-14(8-13)5-6-20(17)2/h3-4,7-11H,5-6H2,1-2H3,(H,21,22)/b12-7+. The van der Waals surface area contributed by atoms with Crippen molar-refractivity contribution in [1.82, 2.24) is 4.98 Å². The fraction of sp³-hybridized carbons (Fsp3) is 0.222. The number of likely N-dealkylation sites (N-methyl/N-ethyl adjacent to an activating group) is 1. The van der Waals surface area contributed by atoms with Crippen LogP contribution in [0.3, 0.4) is 0 Å². The third kappa shape index (κ3) is 2.72. The predicted molar refractivity (Wildman–Crippen MR) is 87.9 cm³/mol. The summed E-state index contributed by atoms with van der Waals surface area (Å²) < 4.78 is 0. The summed E-state index contributed by atoms with van der Waals surface area (Å²) in [6.07, 6.45) is 5.78. The zero-order valence-electron chi connectivity index (χ0n) is 12.7. The molecule has 0 saturated heterocycles. The highest BCUT2D eigenvalue weighted by Gasteiger charge is 2.16. The number of carbonyl (C=O) groups is 1. The second kappa shape index (κ2) is 5.64. The Morgan fingerprint density at radius 2 is 2.09 bits per heavy atom. The number of rotatable bonds is 3. The molecular formula is C18H18N2O2. The van der Waals surface area contributed by atoms with Crippen LogP contribution < -0.4 is 4.90 Å². The molecule has 2 aromatic rings. The van der Waals surface area contributed by atoms with Crippen LogP contribution in [0.5, 0.6) is 0 Å². The number of allylic oxidation sites excluding steroid dienone is 1. The smallest absolute Gasteiger partial charge is 0.328 e. The quantitative estimate of drug-likeness (QED) is 0.883. The highest BCUT2D eigenvalue weighted by Crippen LogP contribution is 2.31. The van der Waals surface area contributed by atoms with Crippen molar-refractivity contribution in [3.63, 3.8) is 0 Å². The molecule has 3 rings (SSSR count). The SMILES string of the molecule is C/C(=C\C(=O)O)c1cncc(-c2ccc3c(c2)CCN3C)c1. The summed E-state index contributed by atoms with van der Waals surface area (Å²) in [5.41, 5.74) is 6.29. The molecule has 0 unspecified atom stereocenters. The summed E-state index contributed by atoms with van der Waals surface area (Å²) in [5.74, 6) is -0.941. The number of hydrogen-bond donors (Lipinski definition) is 1. The Bertz CT molecular complexity index is 765. The van der Waals surface area contributed by atoms with Crippen molar-refractivity contribution in [2.24, 2.45) is 0 Å². The number of nitrogens with zero attached hydrogens (tertiary/aromatic N) is 2. The Hall–Kier alpha value is -2.62. The summed E-state index contributed by atoms with van der Waals surface area (Å²) in [5, 5.41) is 8.86. The molecule has 112 valence electrons. The van der Waals surface area contributed by atoms with E-state index in [4.69, 9.17) is 5.11 Å². The molecule has 0 bridgehead atoms. The van der Waals surface area contributed by atoms with Gasteiger partial charge in [0, 0.05) is 43.3 Å². The average Bonchev–Trinajstić information content (AvgIpc) is 2.87. The van der Waals surface area contributed by atoms with E-state index in [1.54, 1.807) is 13.1 Å². The molecule has 0 aliphatic carbocycles. The van der Waals surface area contributed by atoms with E-state index in [9.17, 15) is 4.79 Å². The molecular weight excluding hydrogens is 276 g/mol. The van der Waals surface area contributed by atoms with Gasteiger partial charge in [-0.1, -0.05) is 6.07 Å². The molecule has 4 heteroatoms. The molecule has 1 aliphatic rings. The summed E-state index contributed by atoms with van der Waals surface area (Å²) in [6.45, 7) is 2.84. The molecule has 0 radical (unpaired) electrons. The van der Waals surface area contributed by atoms with Crippen LogP contribution >= 0.6 is 0 Å².